The van der Waals surface area contributed by atoms with E-state index >= 15 is 0 Å². The highest BCUT2D eigenvalue weighted by atomic mass is 16.6. The van der Waals surface area contributed by atoms with Crippen molar-refractivity contribution < 1.29 is 10.0 Å². The zero-order valence-electron chi connectivity index (χ0n) is 11.1. The zero-order valence-corrected chi connectivity index (χ0v) is 11.1. The smallest absolute Gasteiger partial charge is 0.263 e. The highest BCUT2D eigenvalue weighted by molar-refractivity contribution is 5.19. The molecule has 104 valence electrons. The summed E-state index contributed by atoms with van der Waals surface area (Å²) in [6.45, 7) is 0. The van der Waals surface area contributed by atoms with Crippen molar-refractivity contribution in [2.75, 3.05) is 0 Å². The third kappa shape index (κ3) is 3.65. The Morgan fingerprint density at radius 1 is 1.00 bits per heavy atom. The minimum Gasteiger partial charge on any atom is -0.386 e. The first-order valence-corrected chi connectivity index (χ1v) is 6.59. The molecule has 0 spiro atoms. The van der Waals surface area contributed by atoms with Crippen LogP contribution < -0.4 is 0 Å². The SMILES string of the molecule is O=[N+]([O-])[C@@H](c1ccccc1)[C@H](O)CCc1ccccc1. The van der Waals surface area contributed by atoms with Gasteiger partial charge in [-0.15, -0.1) is 0 Å². The van der Waals surface area contributed by atoms with Crippen LogP contribution in [0.15, 0.2) is 60.7 Å². The van der Waals surface area contributed by atoms with Gasteiger partial charge in [-0.2, -0.15) is 0 Å². The molecule has 2 rings (SSSR count). The van der Waals surface area contributed by atoms with E-state index in [2.05, 4.69) is 0 Å². The van der Waals surface area contributed by atoms with Crippen molar-refractivity contribution >= 4 is 0 Å². The predicted molar refractivity (Wildman–Crippen MR) is 76.9 cm³/mol. The third-order valence-corrected chi connectivity index (χ3v) is 3.30. The lowest BCUT2D eigenvalue weighted by atomic mass is 9.97. The summed E-state index contributed by atoms with van der Waals surface area (Å²) in [6.07, 6.45) is -0.00314. The van der Waals surface area contributed by atoms with Gasteiger partial charge in [-0.3, -0.25) is 10.1 Å². The molecule has 20 heavy (non-hydrogen) atoms. The number of aryl methyl sites for hydroxylation is 1. The van der Waals surface area contributed by atoms with Gasteiger partial charge in [-0.05, 0) is 18.4 Å². The Balaban J connectivity index is 2.05. The molecule has 0 aromatic heterocycles. The summed E-state index contributed by atoms with van der Waals surface area (Å²) >= 11 is 0. The molecule has 2 aromatic rings. The average molecular weight is 271 g/mol. The van der Waals surface area contributed by atoms with Crippen molar-refractivity contribution in [1.29, 1.82) is 0 Å². The van der Waals surface area contributed by atoms with Gasteiger partial charge >= 0.3 is 0 Å². The van der Waals surface area contributed by atoms with Crippen LogP contribution in [0.5, 0.6) is 0 Å². The molecule has 0 heterocycles. The molecule has 0 aliphatic carbocycles. The predicted octanol–water partition coefficient (Wildman–Crippen LogP) is 3.00. The van der Waals surface area contributed by atoms with Gasteiger partial charge in [0.15, 0.2) is 0 Å². The van der Waals surface area contributed by atoms with E-state index in [1.807, 2.05) is 30.3 Å². The molecule has 0 bridgehead atoms. The molecule has 4 nitrogen and oxygen atoms in total. The molecule has 2 aromatic carbocycles. The Morgan fingerprint density at radius 3 is 2.10 bits per heavy atom. The van der Waals surface area contributed by atoms with Crippen LogP contribution in [0.1, 0.15) is 23.6 Å². The monoisotopic (exact) mass is 271 g/mol. The van der Waals surface area contributed by atoms with Gasteiger partial charge in [0.2, 0.25) is 0 Å². The van der Waals surface area contributed by atoms with E-state index in [-0.39, 0.29) is 0 Å². The summed E-state index contributed by atoms with van der Waals surface area (Å²) in [5.41, 5.74) is 1.61. The fourth-order valence-corrected chi connectivity index (χ4v) is 2.25. The Labute approximate surface area is 117 Å². The van der Waals surface area contributed by atoms with E-state index in [0.717, 1.165) is 5.56 Å². The molecule has 4 heteroatoms. The number of hydrogen-bond donors (Lipinski definition) is 1. The number of aliphatic hydroxyl groups is 1. The summed E-state index contributed by atoms with van der Waals surface area (Å²) in [4.78, 5) is 10.8. The highest BCUT2D eigenvalue weighted by Crippen LogP contribution is 2.23. The normalized spacial score (nSPS) is 13.7. The lowest BCUT2D eigenvalue weighted by Crippen LogP contribution is -2.26. The van der Waals surface area contributed by atoms with Crippen LogP contribution in [0.4, 0.5) is 0 Å². The van der Waals surface area contributed by atoms with Crippen LogP contribution in [-0.4, -0.2) is 16.1 Å². The molecule has 0 unspecified atom stereocenters. The van der Waals surface area contributed by atoms with Crippen molar-refractivity contribution in [2.24, 2.45) is 0 Å². The van der Waals surface area contributed by atoms with E-state index in [1.54, 1.807) is 30.3 Å². The molecular formula is C16H17NO3. The third-order valence-electron chi connectivity index (χ3n) is 3.30. The summed E-state index contributed by atoms with van der Waals surface area (Å²) in [5, 5.41) is 21.4. The van der Waals surface area contributed by atoms with E-state index < -0.39 is 17.1 Å². The van der Waals surface area contributed by atoms with Crippen LogP contribution in [-0.2, 0) is 6.42 Å². The molecule has 2 atom stereocenters. The molecular weight excluding hydrogens is 254 g/mol. The largest absolute Gasteiger partial charge is 0.386 e. The van der Waals surface area contributed by atoms with Crippen molar-refractivity contribution in [3.05, 3.63) is 81.9 Å². The van der Waals surface area contributed by atoms with Gasteiger partial charge in [0.25, 0.3) is 6.04 Å². The number of aliphatic hydroxyl groups excluding tert-OH is 1. The van der Waals surface area contributed by atoms with Crippen molar-refractivity contribution in [3.63, 3.8) is 0 Å². The van der Waals surface area contributed by atoms with Crippen molar-refractivity contribution in [1.82, 2.24) is 0 Å². The maximum atomic E-state index is 11.2. The number of nitrogens with zero attached hydrogens (tertiary/aromatic N) is 1. The Hall–Kier alpha value is -2.20. The minimum absolute atomic E-state index is 0.366. The average Bonchev–Trinajstić information content (AvgIpc) is 2.47. The standard InChI is InChI=1S/C16H17NO3/c18-15(12-11-13-7-3-1-4-8-13)16(17(19)20)14-9-5-2-6-10-14/h1-10,15-16,18H,11-12H2/t15-,16+/m1/s1. The van der Waals surface area contributed by atoms with Crippen LogP contribution in [0, 0.1) is 10.1 Å². The van der Waals surface area contributed by atoms with Crippen LogP contribution in [0.25, 0.3) is 0 Å². The zero-order chi connectivity index (χ0) is 14.4. The van der Waals surface area contributed by atoms with Crippen molar-refractivity contribution in [3.8, 4) is 0 Å². The maximum absolute atomic E-state index is 11.2. The maximum Gasteiger partial charge on any atom is 0.263 e. The summed E-state index contributed by atoms with van der Waals surface area (Å²) in [6, 6.07) is 17.3. The number of nitro groups is 1. The van der Waals surface area contributed by atoms with E-state index in [0.29, 0.717) is 18.4 Å². The minimum atomic E-state index is -1.07. The Morgan fingerprint density at radius 2 is 1.55 bits per heavy atom. The second-order valence-corrected chi connectivity index (χ2v) is 4.73. The van der Waals surface area contributed by atoms with Crippen LogP contribution in [0.3, 0.4) is 0 Å². The molecule has 0 fully saturated rings. The van der Waals surface area contributed by atoms with Gasteiger partial charge < -0.3 is 5.11 Å². The first-order chi connectivity index (χ1) is 9.68. The number of rotatable bonds is 6. The first kappa shape index (κ1) is 14.2. The molecule has 0 radical (unpaired) electrons. The van der Waals surface area contributed by atoms with Crippen LogP contribution in [0.2, 0.25) is 0 Å². The Kier molecular flexibility index (Phi) is 4.85. The van der Waals surface area contributed by atoms with Gasteiger partial charge in [-0.25, -0.2) is 0 Å². The molecule has 0 aliphatic rings. The molecule has 0 saturated carbocycles. The lowest BCUT2D eigenvalue weighted by Gasteiger charge is -2.16. The quantitative estimate of drug-likeness (QED) is 0.649. The fourth-order valence-electron chi connectivity index (χ4n) is 2.25. The highest BCUT2D eigenvalue weighted by Gasteiger charge is 2.31. The van der Waals surface area contributed by atoms with Gasteiger partial charge in [0.05, 0.1) is 0 Å². The molecule has 1 N–H and O–H groups in total. The summed E-state index contributed by atoms with van der Waals surface area (Å²) in [5.74, 6) is 0. The second kappa shape index (κ2) is 6.82. The summed E-state index contributed by atoms with van der Waals surface area (Å²) < 4.78 is 0. The van der Waals surface area contributed by atoms with E-state index in [1.165, 1.54) is 0 Å². The summed E-state index contributed by atoms with van der Waals surface area (Å²) in [7, 11) is 0. The van der Waals surface area contributed by atoms with E-state index in [4.69, 9.17) is 0 Å². The lowest BCUT2D eigenvalue weighted by molar-refractivity contribution is -0.541. The van der Waals surface area contributed by atoms with E-state index in [9.17, 15) is 15.2 Å². The first-order valence-electron chi connectivity index (χ1n) is 6.59. The van der Waals surface area contributed by atoms with Gasteiger partial charge in [-0.1, -0.05) is 60.7 Å². The number of benzene rings is 2. The molecule has 0 saturated heterocycles. The number of hydrogen-bond acceptors (Lipinski definition) is 3. The van der Waals surface area contributed by atoms with Gasteiger partial charge in [0.1, 0.15) is 6.10 Å². The van der Waals surface area contributed by atoms with Crippen LogP contribution >= 0.6 is 0 Å². The Bertz CT molecular complexity index is 542. The van der Waals surface area contributed by atoms with Crippen molar-refractivity contribution in [2.45, 2.75) is 25.0 Å². The molecule has 0 amide bonds. The van der Waals surface area contributed by atoms with Gasteiger partial charge in [0, 0.05) is 10.5 Å². The fraction of sp³-hybridized carbons (Fsp3) is 0.250. The second-order valence-electron chi connectivity index (χ2n) is 4.73. The molecule has 0 aliphatic heterocycles. The topological polar surface area (TPSA) is 63.4 Å².